The highest BCUT2D eigenvalue weighted by Gasteiger charge is 2.30. The number of pyridine rings is 1. The van der Waals surface area contributed by atoms with E-state index in [4.69, 9.17) is 5.73 Å². The molecular formula is C21H28N2S. The molecule has 1 atom stereocenters. The first-order valence-electron chi connectivity index (χ1n) is 8.56. The lowest BCUT2D eigenvalue weighted by molar-refractivity contribution is 0.827. The number of rotatable bonds is 5. The Morgan fingerprint density at radius 3 is 2.83 bits per heavy atom. The summed E-state index contributed by atoms with van der Waals surface area (Å²) in [4.78, 5) is 4.26. The molecule has 128 valence electrons. The summed E-state index contributed by atoms with van der Waals surface area (Å²) in [5, 5.41) is 0. The lowest BCUT2D eigenvalue weighted by Gasteiger charge is -2.34. The SMILES string of the molecule is C=C1C(CS(C)(C)CC2=CC=CCC2)=C(N)CC1c1cccnc1. The third kappa shape index (κ3) is 3.84. The normalized spacial score (nSPS) is 22.0. The minimum atomic E-state index is -0.753. The summed E-state index contributed by atoms with van der Waals surface area (Å²) in [5.41, 5.74) is 12.8. The van der Waals surface area contributed by atoms with Crippen LogP contribution < -0.4 is 5.73 Å². The molecule has 24 heavy (non-hydrogen) atoms. The lowest BCUT2D eigenvalue weighted by Crippen LogP contribution is -2.13. The van der Waals surface area contributed by atoms with E-state index < -0.39 is 10.0 Å². The van der Waals surface area contributed by atoms with Gasteiger partial charge in [0.1, 0.15) is 0 Å². The van der Waals surface area contributed by atoms with Gasteiger partial charge >= 0.3 is 0 Å². The van der Waals surface area contributed by atoms with Gasteiger partial charge in [-0.05, 0) is 60.3 Å². The maximum absolute atomic E-state index is 6.42. The highest BCUT2D eigenvalue weighted by atomic mass is 32.3. The van der Waals surface area contributed by atoms with Crippen LogP contribution in [0.4, 0.5) is 0 Å². The average Bonchev–Trinajstić information content (AvgIpc) is 2.84. The van der Waals surface area contributed by atoms with Crippen molar-refractivity contribution in [2.45, 2.75) is 25.2 Å². The minimum Gasteiger partial charge on any atom is -0.402 e. The second kappa shape index (κ2) is 7.02. The van der Waals surface area contributed by atoms with Crippen LogP contribution >= 0.6 is 10.0 Å². The number of aromatic nitrogens is 1. The van der Waals surface area contributed by atoms with Gasteiger partial charge in [-0.3, -0.25) is 4.98 Å². The van der Waals surface area contributed by atoms with Crippen LogP contribution in [0.15, 0.2) is 71.7 Å². The molecule has 0 radical (unpaired) electrons. The quantitative estimate of drug-likeness (QED) is 0.845. The van der Waals surface area contributed by atoms with Gasteiger partial charge in [0.25, 0.3) is 0 Å². The molecule has 2 aliphatic rings. The van der Waals surface area contributed by atoms with Crippen LogP contribution in [0.25, 0.3) is 0 Å². The van der Waals surface area contributed by atoms with E-state index in [0.717, 1.165) is 17.9 Å². The largest absolute Gasteiger partial charge is 0.402 e. The molecule has 0 fully saturated rings. The minimum absolute atomic E-state index is 0.306. The van der Waals surface area contributed by atoms with Crippen molar-refractivity contribution in [3.05, 3.63) is 77.3 Å². The van der Waals surface area contributed by atoms with Crippen molar-refractivity contribution in [1.82, 2.24) is 4.98 Å². The number of allylic oxidation sites excluding steroid dienone is 5. The van der Waals surface area contributed by atoms with Crippen LogP contribution in [0.5, 0.6) is 0 Å². The van der Waals surface area contributed by atoms with E-state index in [9.17, 15) is 0 Å². The number of hydrogen-bond acceptors (Lipinski definition) is 2. The van der Waals surface area contributed by atoms with Crippen LogP contribution in [0.1, 0.15) is 30.7 Å². The molecule has 0 saturated carbocycles. The highest BCUT2D eigenvalue weighted by Crippen LogP contribution is 2.50. The molecule has 2 N–H and O–H groups in total. The van der Waals surface area contributed by atoms with E-state index in [2.05, 4.69) is 48.4 Å². The molecule has 3 rings (SSSR count). The molecule has 1 heterocycles. The maximum atomic E-state index is 6.42. The maximum Gasteiger partial charge on any atom is 0.0306 e. The van der Waals surface area contributed by atoms with Gasteiger partial charge in [-0.15, -0.1) is 0 Å². The predicted octanol–water partition coefficient (Wildman–Crippen LogP) is 4.68. The summed E-state index contributed by atoms with van der Waals surface area (Å²) >= 11 is 0. The Morgan fingerprint density at radius 2 is 2.17 bits per heavy atom. The molecule has 1 aromatic rings. The Kier molecular flexibility index (Phi) is 5.00. The van der Waals surface area contributed by atoms with Crippen LogP contribution in [0.3, 0.4) is 0 Å². The molecule has 0 saturated heterocycles. The third-order valence-electron chi connectivity index (χ3n) is 4.92. The number of hydrogen-bond donors (Lipinski definition) is 1. The summed E-state index contributed by atoms with van der Waals surface area (Å²) in [7, 11) is -0.753. The van der Waals surface area contributed by atoms with Crippen molar-refractivity contribution >= 4 is 10.0 Å². The van der Waals surface area contributed by atoms with E-state index >= 15 is 0 Å². The third-order valence-corrected chi connectivity index (χ3v) is 7.14. The first-order valence-corrected chi connectivity index (χ1v) is 11.3. The molecule has 2 nitrogen and oxygen atoms in total. The predicted molar refractivity (Wildman–Crippen MR) is 108 cm³/mol. The average molecular weight is 341 g/mol. The first-order chi connectivity index (χ1) is 11.5. The van der Waals surface area contributed by atoms with Crippen molar-refractivity contribution in [1.29, 1.82) is 0 Å². The Hall–Kier alpha value is -1.74. The summed E-state index contributed by atoms with van der Waals surface area (Å²) in [6.07, 6.45) is 18.7. The highest BCUT2D eigenvalue weighted by molar-refractivity contribution is 8.32. The van der Waals surface area contributed by atoms with E-state index in [1.807, 2.05) is 18.5 Å². The van der Waals surface area contributed by atoms with E-state index in [0.29, 0.717) is 5.92 Å². The standard InChI is InChI=1S/C21H28N2S/c1-16-19(18-10-7-11-23-13-18)12-21(22)20(16)15-24(2,3)14-17-8-5-4-6-9-17/h4-5,7-8,10-11,13,19H,1,6,9,12,14-15,22H2,2-3H3. The number of nitrogens with zero attached hydrogens (tertiary/aromatic N) is 1. The zero-order valence-electron chi connectivity index (χ0n) is 14.8. The van der Waals surface area contributed by atoms with E-state index in [1.165, 1.54) is 35.3 Å². The van der Waals surface area contributed by atoms with Crippen LogP contribution in [0, 0.1) is 0 Å². The monoisotopic (exact) mass is 340 g/mol. The van der Waals surface area contributed by atoms with E-state index in [1.54, 1.807) is 5.57 Å². The second-order valence-electron chi connectivity index (χ2n) is 7.42. The first kappa shape index (κ1) is 17.1. The zero-order chi connectivity index (χ0) is 17.2. The fourth-order valence-corrected chi connectivity index (χ4v) is 6.18. The lowest BCUT2D eigenvalue weighted by atomic mass is 9.93. The van der Waals surface area contributed by atoms with Gasteiger partial charge in [0, 0.05) is 29.8 Å². The van der Waals surface area contributed by atoms with Crippen LogP contribution in [-0.4, -0.2) is 29.0 Å². The van der Waals surface area contributed by atoms with E-state index in [-0.39, 0.29) is 0 Å². The van der Waals surface area contributed by atoms with Crippen molar-refractivity contribution in [3.8, 4) is 0 Å². The van der Waals surface area contributed by atoms with Gasteiger partial charge in [0.2, 0.25) is 0 Å². The molecule has 0 aromatic carbocycles. The van der Waals surface area contributed by atoms with Crippen LogP contribution in [0.2, 0.25) is 0 Å². The molecule has 1 aromatic heterocycles. The summed E-state index contributed by atoms with van der Waals surface area (Å²) < 4.78 is 0. The van der Waals surface area contributed by atoms with Gasteiger partial charge in [-0.25, -0.2) is 10.0 Å². The van der Waals surface area contributed by atoms with Crippen molar-refractivity contribution < 1.29 is 0 Å². The van der Waals surface area contributed by atoms with Gasteiger partial charge in [0.05, 0.1) is 0 Å². The Labute approximate surface area is 147 Å². The molecule has 0 bridgehead atoms. The molecule has 0 aliphatic heterocycles. The Bertz CT molecular complexity index is 711. The van der Waals surface area contributed by atoms with Gasteiger partial charge in [0.15, 0.2) is 0 Å². The van der Waals surface area contributed by atoms with Crippen LogP contribution in [-0.2, 0) is 0 Å². The summed E-state index contributed by atoms with van der Waals surface area (Å²) in [6.45, 7) is 4.40. The summed E-state index contributed by atoms with van der Waals surface area (Å²) in [6, 6.07) is 4.13. The Morgan fingerprint density at radius 1 is 1.33 bits per heavy atom. The summed E-state index contributed by atoms with van der Waals surface area (Å²) in [5.74, 6) is 2.59. The smallest absolute Gasteiger partial charge is 0.0306 e. The second-order valence-corrected chi connectivity index (χ2v) is 11.5. The molecule has 0 spiro atoms. The molecule has 0 amide bonds. The van der Waals surface area contributed by atoms with Crippen molar-refractivity contribution in [2.75, 3.05) is 24.0 Å². The topological polar surface area (TPSA) is 38.9 Å². The fraction of sp³-hybridized carbons (Fsp3) is 0.381. The Balaban J connectivity index is 1.72. The number of nitrogens with two attached hydrogens (primary N) is 1. The van der Waals surface area contributed by atoms with Gasteiger partial charge in [-0.2, -0.15) is 0 Å². The fourth-order valence-electron chi connectivity index (χ4n) is 3.69. The van der Waals surface area contributed by atoms with Crippen molar-refractivity contribution in [3.63, 3.8) is 0 Å². The molecule has 2 aliphatic carbocycles. The van der Waals surface area contributed by atoms with Crippen molar-refractivity contribution in [2.24, 2.45) is 5.73 Å². The molecule has 3 heteroatoms. The molecule has 1 unspecified atom stereocenters. The molecular weight excluding hydrogens is 312 g/mol. The van der Waals surface area contributed by atoms with Gasteiger partial charge in [-0.1, -0.05) is 36.4 Å². The van der Waals surface area contributed by atoms with Gasteiger partial charge < -0.3 is 5.73 Å². The zero-order valence-corrected chi connectivity index (χ0v) is 15.6.